The molecule has 0 saturated carbocycles. The number of amides is 2. The first-order valence-corrected chi connectivity index (χ1v) is 30.3. The molecule has 374 valence electrons. The lowest BCUT2D eigenvalue weighted by atomic mass is 10.1. The third-order valence-corrected chi connectivity index (χ3v) is 22.9. The molecule has 0 atom stereocenters. The average Bonchev–Trinajstić information content (AvgIpc) is 3.34. The van der Waals surface area contributed by atoms with Crippen molar-refractivity contribution < 1.29 is 13.6 Å². The van der Waals surface area contributed by atoms with Crippen LogP contribution in [0.1, 0.15) is 158 Å². The Bertz CT molecular complexity index is 1830. The van der Waals surface area contributed by atoms with Gasteiger partial charge < -0.3 is 25.2 Å². The minimum atomic E-state index is -2.41. The summed E-state index contributed by atoms with van der Waals surface area (Å²) in [6.45, 7) is 20.2. The standard InChI is InChI=1S/C33H52N2O2Si.C27H41NOSi/c1-5-6-20-27-34-32(36)35-28-21-12-10-8-7-9-11-13-22-29-37-38(33(2,3)4,30-23-16-14-17-24-30)31-25-18-15-19-26-31;1-27(2,3)30(25-19-13-11-14-20-25,26-21-15-12-16-22-26)29-24-18-10-8-6-4-5-7-9-17-23-28/h7-8,14-19,23-26H,5-6,9-13,20-22,27-29H2,1-4H3,(H2,34,35,36);4-5,11-16,19-22H,6-10,17-18,23-24,28H2,1-3H3/b8-7-;5-4-. The third-order valence-electron chi connectivity index (χ3n) is 12.8. The van der Waals surface area contributed by atoms with Crippen LogP contribution >= 0.6 is 0 Å². The molecule has 2 amide bonds. The molecule has 4 N–H and O–H groups in total. The fourth-order valence-corrected chi connectivity index (χ4v) is 18.4. The molecule has 0 aliphatic heterocycles. The zero-order valence-corrected chi connectivity index (χ0v) is 45.7. The van der Waals surface area contributed by atoms with Crippen molar-refractivity contribution in [3.05, 3.63) is 146 Å². The SMILES string of the molecule is CC(C)(C)[Si](OCCCCC/C=C\CCCCN)(c1ccccc1)c1ccccc1.CCCCCNC(=O)NCCCC/C=C\CCCCCO[Si](c1ccccc1)(c1ccccc1)C(C)(C)C. The van der Waals surface area contributed by atoms with Crippen molar-refractivity contribution in [2.75, 3.05) is 32.8 Å². The van der Waals surface area contributed by atoms with E-state index in [1.54, 1.807) is 0 Å². The minimum absolute atomic E-state index is 0.0319. The van der Waals surface area contributed by atoms with Gasteiger partial charge in [-0.15, -0.1) is 0 Å². The fraction of sp³-hybridized carbons (Fsp3) is 0.517. The van der Waals surface area contributed by atoms with Crippen LogP contribution in [0.3, 0.4) is 0 Å². The van der Waals surface area contributed by atoms with Gasteiger partial charge in [0.05, 0.1) is 0 Å². The number of urea groups is 1. The molecular formula is C60H93N3O3Si2. The summed E-state index contributed by atoms with van der Waals surface area (Å²) in [5, 5.41) is 11.4. The maximum Gasteiger partial charge on any atom is 0.314 e. The second-order valence-electron chi connectivity index (χ2n) is 20.3. The Morgan fingerprint density at radius 2 is 0.765 bits per heavy atom. The van der Waals surface area contributed by atoms with Crippen molar-refractivity contribution in [3.63, 3.8) is 0 Å². The van der Waals surface area contributed by atoms with E-state index in [-0.39, 0.29) is 16.1 Å². The Hall–Kier alpha value is -4.06. The van der Waals surface area contributed by atoms with Gasteiger partial charge in [-0.1, -0.05) is 220 Å². The number of unbranched alkanes of at least 4 members (excludes halogenated alkanes) is 12. The number of rotatable bonds is 31. The third kappa shape index (κ3) is 20.1. The Kier molecular flexibility index (Phi) is 28.7. The number of nitrogens with two attached hydrogens (primary N) is 1. The van der Waals surface area contributed by atoms with E-state index in [0.29, 0.717) is 0 Å². The number of carbonyl (C=O) groups excluding carboxylic acids is 1. The second kappa shape index (κ2) is 33.5. The zero-order chi connectivity index (χ0) is 49.2. The first-order chi connectivity index (χ1) is 32.9. The lowest BCUT2D eigenvalue weighted by Gasteiger charge is -2.43. The van der Waals surface area contributed by atoms with Crippen molar-refractivity contribution in [3.8, 4) is 0 Å². The monoisotopic (exact) mass is 960 g/mol. The van der Waals surface area contributed by atoms with Crippen LogP contribution in [0.15, 0.2) is 146 Å². The van der Waals surface area contributed by atoms with Crippen LogP contribution in [-0.2, 0) is 8.85 Å². The first-order valence-electron chi connectivity index (χ1n) is 26.5. The number of carbonyl (C=O) groups is 1. The van der Waals surface area contributed by atoms with Crippen molar-refractivity contribution in [1.29, 1.82) is 0 Å². The molecule has 4 aromatic rings. The molecule has 0 radical (unpaired) electrons. The van der Waals surface area contributed by atoms with Crippen LogP contribution in [0.25, 0.3) is 0 Å². The maximum absolute atomic E-state index is 11.7. The minimum Gasteiger partial charge on any atom is -0.407 e. The van der Waals surface area contributed by atoms with E-state index < -0.39 is 16.6 Å². The topological polar surface area (TPSA) is 85.6 Å². The maximum atomic E-state index is 11.7. The predicted molar refractivity (Wildman–Crippen MR) is 300 cm³/mol. The summed E-state index contributed by atoms with van der Waals surface area (Å²) >= 11 is 0. The molecule has 4 rings (SSSR count). The summed E-state index contributed by atoms with van der Waals surface area (Å²) in [4.78, 5) is 11.7. The van der Waals surface area contributed by atoms with Gasteiger partial charge in [0.15, 0.2) is 0 Å². The van der Waals surface area contributed by atoms with Crippen LogP contribution in [0, 0.1) is 0 Å². The number of benzene rings is 4. The highest BCUT2D eigenvalue weighted by Gasteiger charge is 2.51. The molecule has 0 aromatic heterocycles. The van der Waals surface area contributed by atoms with Gasteiger partial charge in [0.1, 0.15) is 0 Å². The Labute approximate surface area is 417 Å². The summed E-state index contributed by atoms with van der Waals surface area (Å²) in [5.41, 5.74) is 5.54. The molecule has 6 nitrogen and oxygen atoms in total. The zero-order valence-electron chi connectivity index (χ0n) is 43.7. The molecule has 0 unspecified atom stereocenters. The molecule has 0 spiro atoms. The summed E-state index contributed by atoms with van der Waals surface area (Å²) in [5.74, 6) is 0. The molecule has 0 fully saturated rings. The van der Waals surface area contributed by atoms with Gasteiger partial charge in [-0.3, -0.25) is 0 Å². The van der Waals surface area contributed by atoms with E-state index in [9.17, 15) is 4.79 Å². The van der Waals surface area contributed by atoms with E-state index in [0.717, 1.165) is 90.6 Å². The van der Waals surface area contributed by atoms with E-state index in [1.807, 2.05) is 0 Å². The Morgan fingerprint density at radius 3 is 1.07 bits per heavy atom. The van der Waals surface area contributed by atoms with Crippen LogP contribution in [0.2, 0.25) is 10.1 Å². The van der Waals surface area contributed by atoms with Crippen LogP contribution < -0.4 is 37.1 Å². The van der Waals surface area contributed by atoms with Gasteiger partial charge in [0.25, 0.3) is 16.6 Å². The summed E-state index contributed by atoms with van der Waals surface area (Å²) in [6.07, 6.45) is 28.7. The van der Waals surface area contributed by atoms with Gasteiger partial charge in [0.2, 0.25) is 0 Å². The highest BCUT2D eigenvalue weighted by molar-refractivity contribution is 7.00. The van der Waals surface area contributed by atoms with Gasteiger partial charge in [0, 0.05) is 26.3 Å². The van der Waals surface area contributed by atoms with Crippen LogP contribution in [-0.4, -0.2) is 55.5 Å². The van der Waals surface area contributed by atoms with E-state index >= 15 is 0 Å². The van der Waals surface area contributed by atoms with E-state index in [2.05, 4.69) is 205 Å². The number of nitrogens with one attached hydrogen (secondary N) is 2. The fourth-order valence-electron chi connectivity index (χ4n) is 9.16. The highest BCUT2D eigenvalue weighted by Crippen LogP contribution is 2.38. The number of hydrogen-bond donors (Lipinski definition) is 3. The smallest absolute Gasteiger partial charge is 0.314 e. The van der Waals surface area contributed by atoms with Crippen molar-refractivity contribution >= 4 is 43.4 Å². The molecule has 0 saturated heterocycles. The quantitative estimate of drug-likeness (QED) is 0.0266. The summed E-state index contributed by atoms with van der Waals surface area (Å²) in [6, 6.07) is 43.6. The highest BCUT2D eigenvalue weighted by atomic mass is 28.4. The van der Waals surface area contributed by atoms with Crippen molar-refractivity contribution in [2.24, 2.45) is 5.73 Å². The molecule has 4 aromatic carbocycles. The lowest BCUT2D eigenvalue weighted by Crippen LogP contribution is -2.66. The normalized spacial score (nSPS) is 12.3. The second-order valence-corrected chi connectivity index (χ2v) is 28.9. The molecule has 68 heavy (non-hydrogen) atoms. The Balaban J connectivity index is 0.000000370. The molecule has 0 aliphatic carbocycles. The number of hydrogen-bond acceptors (Lipinski definition) is 4. The van der Waals surface area contributed by atoms with Gasteiger partial charge in [-0.25, -0.2) is 4.79 Å². The van der Waals surface area contributed by atoms with E-state index in [1.165, 1.54) is 72.1 Å². The first kappa shape index (κ1) is 58.3. The molecular weight excluding hydrogens is 867 g/mol. The summed E-state index contributed by atoms with van der Waals surface area (Å²) in [7, 11) is -4.78. The average molecular weight is 961 g/mol. The molecule has 0 bridgehead atoms. The van der Waals surface area contributed by atoms with Crippen molar-refractivity contribution in [1.82, 2.24) is 10.6 Å². The van der Waals surface area contributed by atoms with Gasteiger partial charge >= 0.3 is 6.03 Å². The lowest BCUT2D eigenvalue weighted by molar-refractivity contribution is 0.240. The van der Waals surface area contributed by atoms with E-state index in [4.69, 9.17) is 14.6 Å². The largest absolute Gasteiger partial charge is 0.407 e. The van der Waals surface area contributed by atoms with Crippen molar-refractivity contribution in [2.45, 2.75) is 168 Å². The Morgan fingerprint density at radius 1 is 0.456 bits per heavy atom. The molecule has 8 heteroatoms. The van der Waals surface area contributed by atoms with Crippen LogP contribution in [0.5, 0.6) is 0 Å². The van der Waals surface area contributed by atoms with Gasteiger partial charge in [-0.05, 0) is 121 Å². The van der Waals surface area contributed by atoms with Crippen LogP contribution in [0.4, 0.5) is 4.79 Å². The predicted octanol–water partition coefficient (Wildman–Crippen LogP) is 13.1. The molecule has 0 heterocycles. The molecule has 0 aliphatic rings. The number of allylic oxidation sites excluding steroid dienone is 4. The van der Waals surface area contributed by atoms with Gasteiger partial charge in [-0.2, -0.15) is 0 Å². The summed E-state index contributed by atoms with van der Waals surface area (Å²) < 4.78 is 13.9.